The molecule has 3 heteroatoms. The minimum Gasteiger partial charge on any atom is -0.497 e. The monoisotopic (exact) mass is 243 g/mol. The summed E-state index contributed by atoms with van der Waals surface area (Å²) in [6.45, 7) is 2.66. The van der Waals surface area contributed by atoms with E-state index < -0.39 is 0 Å². The van der Waals surface area contributed by atoms with E-state index in [2.05, 4.69) is 4.98 Å². The van der Waals surface area contributed by atoms with Crippen LogP contribution < -0.4 is 4.74 Å². The molecule has 0 N–H and O–H groups in total. The van der Waals surface area contributed by atoms with Crippen LogP contribution in [0.1, 0.15) is 24.2 Å². The molecule has 0 aliphatic carbocycles. The molecule has 1 unspecified atom stereocenters. The molecular weight excluding hydrogens is 226 g/mol. The minimum absolute atomic E-state index is 0.0519. The molecule has 94 valence electrons. The van der Waals surface area contributed by atoms with Crippen LogP contribution in [0.2, 0.25) is 0 Å². The zero-order valence-corrected chi connectivity index (χ0v) is 10.7. The van der Waals surface area contributed by atoms with E-state index in [1.165, 1.54) is 0 Å². The minimum atomic E-state index is -0.0519. The van der Waals surface area contributed by atoms with Gasteiger partial charge in [-0.25, -0.2) is 0 Å². The third-order valence-corrected chi connectivity index (χ3v) is 2.76. The number of hydrogen-bond donors (Lipinski definition) is 0. The van der Waals surface area contributed by atoms with Gasteiger partial charge in [-0.05, 0) is 42.3 Å². The van der Waals surface area contributed by atoms with Crippen molar-refractivity contribution in [1.29, 1.82) is 0 Å². The lowest BCUT2D eigenvalue weighted by atomic mass is 10.0. The largest absolute Gasteiger partial charge is 0.497 e. The molecule has 0 radical (unpaired) electrons. The van der Waals surface area contributed by atoms with Crippen molar-refractivity contribution in [1.82, 2.24) is 4.98 Å². The number of aromatic nitrogens is 1. The zero-order chi connectivity index (χ0) is 12.8. The molecule has 1 aromatic carbocycles. The number of rotatable bonds is 5. The predicted octanol–water partition coefficient (Wildman–Crippen LogP) is 3.22. The quantitative estimate of drug-likeness (QED) is 0.808. The Morgan fingerprint density at radius 1 is 1.00 bits per heavy atom. The van der Waals surface area contributed by atoms with Gasteiger partial charge in [-0.1, -0.05) is 12.1 Å². The summed E-state index contributed by atoms with van der Waals surface area (Å²) in [4.78, 5) is 4.03. The number of nitrogens with zero attached hydrogens (tertiary/aromatic N) is 1. The number of benzene rings is 1. The Labute approximate surface area is 107 Å². The van der Waals surface area contributed by atoms with Crippen LogP contribution in [0, 0.1) is 0 Å². The zero-order valence-electron chi connectivity index (χ0n) is 10.7. The van der Waals surface area contributed by atoms with Crippen LogP contribution in [0.25, 0.3) is 0 Å². The number of methoxy groups -OCH3 is 1. The van der Waals surface area contributed by atoms with Crippen molar-refractivity contribution in [2.45, 2.75) is 13.0 Å². The fourth-order valence-electron chi connectivity index (χ4n) is 1.87. The van der Waals surface area contributed by atoms with Gasteiger partial charge in [0.25, 0.3) is 0 Å². The van der Waals surface area contributed by atoms with E-state index in [1.807, 2.05) is 43.3 Å². The van der Waals surface area contributed by atoms with Crippen molar-refractivity contribution in [2.24, 2.45) is 0 Å². The molecule has 2 aromatic rings. The molecule has 0 saturated heterocycles. The number of pyridine rings is 1. The van der Waals surface area contributed by atoms with Crippen molar-refractivity contribution in [3.05, 3.63) is 59.9 Å². The highest BCUT2D eigenvalue weighted by atomic mass is 16.5. The van der Waals surface area contributed by atoms with Crippen LogP contribution in [0.5, 0.6) is 5.75 Å². The van der Waals surface area contributed by atoms with E-state index >= 15 is 0 Å². The standard InChI is InChI=1S/C15H17NO2/c1-3-18-15(13-8-10-16-11-9-13)12-4-6-14(17-2)7-5-12/h4-11,15H,3H2,1-2H3. The molecule has 1 atom stereocenters. The lowest BCUT2D eigenvalue weighted by molar-refractivity contribution is 0.0912. The van der Waals surface area contributed by atoms with Gasteiger partial charge in [0.2, 0.25) is 0 Å². The lowest BCUT2D eigenvalue weighted by Crippen LogP contribution is -2.06. The summed E-state index contributed by atoms with van der Waals surface area (Å²) in [5.74, 6) is 0.851. The molecule has 0 saturated carbocycles. The normalized spacial score (nSPS) is 12.1. The third kappa shape index (κ3) is 2.87. The first-order chi connectivity index (χ1) is 8.85. The van der Waals surface area contributed by atoms with E-state index in [0.29, 0.717) is 6.61 Å². The second-order valence-electron chi connectivity index (χ2n) is 3.89. The van der Waals surface area contributed by atoms with Crippen LogP contribution >= 0.6 is 0 Å². The summed E-state index contributed by atoms with van der Waals surface area (Å²) in [5.41, 5.74) is 2.22. The Morgan fingerprint density at radius 3 is 2.17 bits per heavy atom. The van der Waals surface area contributed by atoms with Crippen LogP contribution in [-0.4, -0.2) is 18.7 Å². The van der Waals surface area contributed by atoms with Crippen molar-refractivity contribution < 1.29 is 9.47 Å². The van der Waals surface area contributed by atoms with Gasteiger partial charge < -0.3 is 9.47 Å². The smallest absolute Gasteiger partial charge is 0.118 e. The van der Waals surface area contributed by atoms with Crippen LogP contribution in [0.4, 0.5) is 0 Å². The Kier molecular flexibility index (Phi) is 4.31. The van der Waals surface area contributed by atoms with Crippen molar-refractivity contribution >= 4 is 0 Å². The Balaban J connectivity index is 2.29. The SMILES string of the molecule is CCOC(c1ccncc1)c1ccc(OC)cc1. The van der Waals surface area contributed by atoms with Gasteiger partial charge in [-0.2, -0.15) is 0 Å². The highest BCUT2D eigenvalue weighted by Gasteiger charge is 2.13. The van der Waals surface area contributed by atoms with E-state index in [9.17, 15) is 0 Å². The van der Waals surface area contributed by atoms with Gasteiger partial charge in [0.1, 0.15) is 11.9 Å². The first-order valence-corrected chi connectivity index (χ1v) is 6.00. The maximum absolute atomic E-state index is 5.82. The summed E-state index contributed by atoms with van der Waals surface area (Å²) in [5, 5.41) is 0. The van der Waals surface area contributed by atoms with E-state index in [4.69, 9.17) is 9.47 Å². The second kappa shape index (κ2) is 6.17. The van der Waals surface area contributed by atoms with Gasteiger partial charge in [0, 0.05) is 19.0 Å². The molecular formula is C15H17NO2. The van der Waals surface area contributed by atoms with E-state index in [0.717, 1.165) is 16.9 Å². The molecule has 1 heterocycles. The van der Waals surface area contributed by atoms with Gasteiger partial charge in [-0.15, -0.1) is 0 Å². The summed E-state index contributed by atoms with van der Waals surface area (Å²) >= 11 is 0. The summed E-state index contributed by atoms with van der Waals surface area (Å²) in [7, 11) is 1.66. The number of hydrogen-bond acceptors (Lipinski definition) is 3. The molecule has 0 aliphatic rings. The Morgan fingerprint density at radius 2 is 1.61 bits per heavy atom. The second-order valence-corrected chi connectivity index (χ2v) is 3.89. The molecule has 0 amide bonds. The summed E-state index contributed by atoms with van der Waals surface area (Å²) in [6.07, 6.45) is 3.51. The van der Waals surface area contributed by atoms with E-state index in [1.54, 1.807) is 19.5 Å². The molecule has 0 bridgehead atoms. The van der Waals surface area contributed by atoms with Crippen molar-refractivity contribution in [3.8, 4) is 5.75 Å². The van der Waals surface area contributed by atoms with Crippen LogP contribution in [0.15, 0.2) is 48.8 Å². The van der Waals surface area contributed by atoms with E-state index in [-0.39, 0.29) is 6.10 Å². The molecule has 0 spiro atoms. The number of ether oxygens (including phenoxy) is 2. The van der Waals surface area contributed by atoms with Gasteiger partial charge >= 0.3 is 0 Å². The predicted molar refractivity (Wildman–Crippen MR) is 70.7 cm³/mol. The first-order valence-electron chi connectivity index (χ1n) is 6.00. The fraction of sp³-hybridized carbons (Fsp3) is 0.267. The molecule has 2 rings (SSSR count). The Bertz CT molecular complexity index is 468. The maximum Gasteiger partial charge on any atom is 0.118 e. The average Bonchev–Trinajstić information content (AvgIpc) is 2.46. The summed E-state index contributed by atoms with van der Waals surface area (Å²) < 4.78 is 11.0. The first kappa shape index (κ1) is 12.6. The van der Waals surface area contributed by atoms with Gasteiger partial charge in [0.05, 0.1) is 7.11 Å². The Hall–Kier alpha value is -1.87. The van der Waals surface area contributed by atoms with Crippen LogP contribution in [-0.2, 0) is 4.74 Å². The molecule has 18 heavy (non-hydrogen) atoms. The molecule has 1 aromatic heterocycles. The lowest BCUT2D eigenvalue weighted by Gasteiger charge is -2.18. The molecule has 3 nitrogen and oxygen atoms in total. The van der Waals surface area contributed by atoms with Gasteiger partial charge in [0.15, 0.2) is 0 Å². The third-order valence-electron chi connectivity index (χ3n) is 2.76. The topological polar surface area (TPSA) is 31.4 Å². The summed E-state index contributed by atoms with van der Waals surface area (Å²) in [6, 6.07) is 11.9. The fourth-order valence-corrected chi connectivity index (χ4v) is 1.87. The average molecular weight is 243 g/mol. The van der Waals surface area contributed by atoms with Gasteiger partial charge in [-0.3, -0.25) is 4.98 Å². The molecule has 0 aliphatic heterocycles. The maximum atomic E-state index is 5.82. The van der Waals surface area contributed by atoms with Crippen LogP contribution in [0.3, 0.4) is 0 Å². The highest BCUT2D eigenvalue weighted by molar-refractivity contribution is 5.33. The highest BCUT2D eigenvalue weighted by Crippen LogP contribution is 2.26. The van der Waals surface area contributed by atoms with Crippen molar-refractivity contribution in [3.63, 3.8) is 0 Å². The van der Waals surface area contributed by atoms with Crippen molar-refractivity contribution in [2.75, 3.05) is 13.7 Å². The molecule has 0 fully saturated rings.